The van der Waals surface area contributed by atoms with Crippen molar-refractivity contribution in [3.8, 4) is 0 Å². The van der Waals surface area contributed by atoms with Gasteiger partial charge in [0, 0.05) is 30.8 Å². The topological polar surface area (TPSA) is 55.8 Å². The Morgan fingerprint density at radius 3 is 2.19 bits per heavy atom. The number of rotatable bonds is 6. The van der Waals surface area contributed by atoms with Crippen molar-refractivity contribution in [2.75, 3.05) is 13.2 Å². The lowest BCUT2D eigenvalue weighted by atomic mass is 10.2. The van der Waals surface area contributed by atoms with Gasteiger partial charge in [-0.1, -0.05) is 12.2 Å². The number of hydrogen-bond donors (Lipinski definition) is 0. The first-order valence-corrected chi connectivity index (χ1v) is 6.69. The lowest BCUT2D eigenvalue weighted by Gasteiger charge is -2.13. The Hall–Kier alpha value is -2.56. The van der Waals surface area contributed by atoms with Crippen LogP contribution >= 0.6 is 0 Å². The summed E-state index contributed by atoms with van der Waals surface area (Å²) in [6, 6.07) is 0. The first kappa shape index (κ1) is 16.5. The summed E-state index contributed by atoms with van der Waals surface area (Å²) in [5.74, 6) is -0.741. The van der Waals surface area contributed by atoms with Gasteiger partial charge in [-0.05, 0) is 31.6 Å². The van der Waals surface area contributed by atoms with E-state index in [1.165, 1.54) is 12.2 Å². The van der Waals surface area contributed by atoms with E-state index in [1.54, 1.807) is 49.5 Å². The van der Waals surface area contributed by atoms with Crippen LogP contribution in [0, 0.1) is 0 Å². The van der Waals surface area contributed by atoms with Gasteiger partial charge in [0.25, 0.3) is 0 Å². The highest BCUT2D eigenvalue weighted by atomic mass is 16.5. The molecule has 5 heteroatoms. The summed E-state index contributed by atoms with van der Waals surface area (Å²) in [5, 5.41) is 0. The molecule has 1 rings (SSSR count). The molecule has 112 valence electrons. The highest BCUT2D eigenvalue weighted by Gasteiger charge is 1.99. The molecule has 0 aliphatic carbocycles. The molecule has 0 aromatic carbocycles. The van der Waals surface area contributed by atoms with Crippen LogP contribution in [0.15, 0.2) is 60.6 Å². The van der Waals surface area contributed by atoms with Crippen molar-refractivity contribution in [2.45, 2.75) is 13.8 Å². The maximum atomic E-state index is 11.2. The average molecular weight is 289 g/mol. The van der Waals surface area contributed by atoms with Gasteiger partial charge in [-0.25, -0.2) is 9.59 Å². The number of carbonyl (C=O) groups is 2. The van der Waals surface area contributed by atoms with Gasteiger partial charge < -0.3 is 14.4 Å². The van der Waals surface area contributed by atoms with E-state index in [-0.39, 0.29) is 11.9 Å². The lowest BCUT2D eigenvalue weighted by molar-refractivity contribution is -0.138. The molecule has 21 heavy (non-hydrogen) atoms. The normalized spacial score (nSPS) is 14.0. The van der Waals surface area contributed by atoms with Crippen molar-refractivity contribution >= 4 is 11.9 Å². The standard InChI is InChI=1S/C16H19NO4/c1-3-20-15(18)7-5-6-14-8-11-17(12-9-14)13-10-16(19)21-4-2/h5-13H,3-4H2,1-2H3/b7-5+,13-10+. The van der Waals surface area contributed by atoms with Gasteiger partial charge in [-0.3, -0.25) is 0 Å². The zero-order chi connectivity index (χ0) is 15.5. The van der Waals surface area contributed by atoms with Crippen LogP contribution in [0.1, 0.15) is 13.8 Å². The second-order valence-electron chi connectivity index (χ2n) is 3.92. The van der Waals surface area contributed by atoms with Crippen LogP contribution in [-0.2, 0) is 19.1 Å². The van der Waals surface area contributed by atoms with Crippen LogP contribution in [-0.4, -0.2) is 30.1 Å². The van der Waals surface area contributed by atoms with E-state index in [2.05, 4.69) is 0 Å². The van der Waals surface area contributed by atoms with Gasteiger partial charge in [0.05, 0.1) is 13.2 Å². The molecule has 0 aromatic rings. The molecule has 0 fully saturated rings. The quantitative estimate of drug-likeness (QED) is 0.555. The summed E-state index contributed by atoms with van der Waals surface area (Å²) in [7, 11) is 0. The molecule has 0 bridgehead atoms. The van der Waals surface area contributed by atoms with Crippen molar-refractivity contribution < 1.29 is 19.1 Å². The van der Waals surface area contributed by atoms with Gasteiger partial charge in [-0.2, -0.15) is 0 Å². The van der Waals surface area contributed by atoms with Gasteiger partial charge in [0.2, 0.25) is 0 Å². The fourth-order valence-corrected chi connectivity index (χ4v) is 1.43. The predicted octanol–water partition coefficient (Wildman–Crippen LogP) is 2.45. The number of carbonyl (C=O) groups excluding carboxylic acids is 2. The largest absolute Gasteiger partial charge is 0.463 e. The Labute approximate surface area is 124 Å². The van der Waals surface area contributed by atoms with Crippen molar-refractivity contribution in [3.63, 3.8) is 0 Å². The SMILES string of the molecule is CCOC(=O)/C=C/C=C1C=CN(/C=C/C(=O)OCC)C=C1. The Morgan fingerprint density at radius 1 is 1.05 bits per heavy atom. The van der Waals surface area contributed by atoms with Gasteiger partial charge in [-0.15, -0.1) is 0 Å². The second-order valence-corrected chi connectivity index (χ2v) is 3.92. The van der Waals surface area contributed by atoms with E-state index in [4.69, 9.17) is 9.47 Å². The first-order chi connectivity index (χ1) is 10.2. The molecule has 0 amide bonds. The van der Waals surface area contributed by atoms with Crippen molar-refractivity contribution in [2.24, 2.45) is 0 Å². The van der Waals surface area contributed by atoms with Crippen LogP contribution in [0.4, 0.5) is 0 Å². The Balaban J connectivity index is 2.49. The average Bonchev–Trinajstić information content (AvgIpc) is 2.47. The number of hydrogen-bond acceptors (Lipinski definition) is 5. The molecule has 5 nitrogen and oxygen atoms in total. The monoisotopic (exact) mass is 289 g/mol. The third-order valence-electron chi connectivity index (χ3n) is 2.36. The van der Waals surface area contributed by atoms with E-state index in [0.717, 1.165) is 5.57 Å². The summed E-state index contributed by atoms with van der Waals surface area (Å²) < 4.78 is 9.55. The van der Waals surface area contributed by atoms with Crippen LogP contribution in [0.3, 0.4) is 0 Å². The Morgan fingerprint density at radius 2 is 1.62 bits per heavy atom. The van der Waals surface area contributed by atoms with Crippen molar-refractivity contribution in [3.05, 3.63) is 60.6 Å². The summed E-state index contributed by atoms with van der Waals surface area (Å²) >= 11 is 0. The van der Waals surface area contributed by atoms with Gasteiger partial charge in [0.1, 0.15) is 0 Å². The van der Waals surface area contributed by atoms with E-state index in [9.17, 15) is 9.59 Å². The molecular weight excluding hydrogens is 270 g/mol. The van der Waals surface area contributed by atoms with Crippen LogP contribution in [0.25, 0.3) is 0 Å². The fraction of sp³-hybridized carbons (Fsp3) is 0.250. The zero-order valence-electron chi connectivity index (χ0n) is 12.2. The summed E-state index contributed by atoms with van der Waals surface area (Å²) in [6.45, 7) is 4.23. The highest BCUT2D eigenvalue weighted by molar-refractivity contribution is 5.82. The molecule has 1 aliphatic rings. The number of ether oxygens (including phenoxy) is 2. The third kappa shape index (κ3) is 6.96. The number of nitrogens with zero attached hydrogens (tertiary/aromatic N) is 1. The maximum Gasteiger partial charge on any atom is 0.332 e. The van der Waals surface area contributed by atoms with Crippen LogP contribution < -0.4 is 0 Å². The molecular formula is C16H19NO4. The van der Waals surface area contributed by atoms with Crippen LogP contribution in [0.5, 0.6) is 0 Å². The summed E-state index contributed by atoms with van der Waals surface area (Å²) in [4.78, 5) is 24.0. The Kier molecular flexibility index (Phi) is 7.35. The van der Waals surface area contributed by atoms with Crippen molar-refractivity contribution in [1.82, 2.24) is 4.90 Å². The number of allylic oxidation sites excluding steroid dienone is 5. The minimum atomic E-state index is -0.377. The van der Waals surface area contributed by atoms with Gasteiger partial charge in [0.15, 0.2) is 0 Å². The Bertz CT molecular complexity index is 496. The molecule has 0 N–H and O–H groups in total. The predicted molar refractivity (Wildman–Crippen MR) is 79.7 cm³/mol. The van der Waals surface area contributed by atoms with Crippen LogP contribution in [0.2, 0.25) is 0 Å². The summed E-state index contributed by atoms with van der Waals surface area (Å²) in [6.07, 6.45) is 15.0. The second kappa shape index (κ2) is 9.36. The molecule has 1 aliphatic heterocycles. The zero-order valence-corrected chi connectivity index (χ0v) is 12.2. The van der Waals surface area contributed by atoms with E-state index in [1.807, 2.05) is 12.2 Å². The molecule has 0 radical (unpaired) electrons. The molecule has 0 atom stereocenters. The third-order valence-corrected chi connectivity index (χ3v) is 2.36. The first-order valence-electron chi connectivity index (χ1n) is 6.69. The highest BCUT2D eigenvalue weighted by Crippen LogP contribution is 2.09. The smallest absolute Gasteiger partial charge is 0.332 e. The molecule has 0 spiro atoms. The summed E-state index contributed by atoms with van der Waals surface area (Å²) in [5.41, 5.74) is 0.927. The lowest BCUT2D eigenvalue weighted by Crippen LogP contribution is -2.06. The van der Waals surface area contributed by atoms with Crippen molar-refractivity contribution in [1.29, 1.82) is 0 Å². The molecule has 0 saturated heterocycles. The number of esters is 2. The molecule has 1 heterocycles. The van der Waals surface area contributed by atoms with E-state index < -0.39 is 0 Å². The molecule has 0 aromatic heterocycles. The fourth-order valence-electron chi connectivity index (χ4n) is 1.43. The molecule has 0 saturated carbocycles. The maximum absolute atomic E-state index is 11.2. The minimum absolute atomic E-state index is 0.356. The molecule has 0 unspecified atom stereocenters. The van der Waals surface area contributed by atoms with E-state index in [0.29, 0.717) is 13.2 Å². The van der Waals surface area contributed by atoms with E-state index >= 15 is 0 Å². The van der Waals surface area contributed by atoms with Gasteiger partial charge >= 0.3 is 11.9 Å². The minimum Gasteiger partial charge on any atom is -0.463 e.